The summed E-state index contributed by atoms with van der Waals surface area (Å²) in [6.45, 7) is 10.1. The van der Waals surface area contributed by atoms with Gasteiger partial charge in [0.2, 0.25) is 5.88 Å². The van der Waals surface area contributed by atoms with Crippen LogP contribution in [-0.2, 0) is 16.8 Å². The van der Waals surface area contributed by atoms with E-state index in [1.54, 1.807) is 6.07 Å². The van der Waals surface area contributed by atoms with Crippen molar-refractivity contribution < 1.29 is 14.6 Å². The van der Waals surface area contributed by atoms with Crippen molar-refractivity contribution in [1.29, 1.82) is 0 Å². The van der Waals surface area contributed by atoms with E-state index in [2.05, 4.69) is 32.7 Å². The summed E-state index contributed by atoms with van der Waals surface area (Å²) in [7, 11) is 0. The molecular formula is C15H25NO3. The van der Waals surface area contributed by atoms with Gasteiger partial charge in [-0.2, -0.15) is 0 Å². The Morgan fingerprint density at radius 1 is 1.16 bits per heavy atom. The Kier molecular flexibility index (Phi) is 6.25. The average molecular weight is 267 g/mol. The summed E-state index contributed by atoms with van der Waals surface area (Å²) in [6, 6.07) is 3.69. The van der Waals surface area contributed by atoms with Gasteiger partial charge in [-0.25, -0.2) is 4.98 Å². The number of pyridine rings is 1. The van der Waals surface area contributed by atoms with Gasteiger partial charge in [-0.05, 0) is 18.1 Å². The van der Waals surface area contributed by atoms with Gasteiger partial charge in [-0.15, -0.1) is 0 Å². The zero-order valence-electron chi connectivity index (χ0n) is 12.4. The van der Waals surface area contributed by atoms with Crippen molar-refractivity contribution in [3.63, 3.8) is 0 Å². The summed E-state index contributed by atoms with van der Waals surface area (Å²) in [6.07, 6.45) is 1.01. The van der Waals surface area contributed by atoms with Gasteiger partial charge in [0, 0.05) is 18.1 Å². The number of ether oxygens (including phenoxy) is 2. The van der Waals surface area contributed by atoms with Crippen LogP contribution in [0.1, 0.15) is 45.4 Å². The predicted octanol–water partition coefficient (Wildman–Crippen LogP) is 2.68. The highest BCUT2D eigenvalue weighted by Crippen LogP contribution is 2.24. The molecule has 1 aromatic heterocycles. The van der Waals surface area contributed by atoms with Crippen molar-refractivity contribution in [3.05, 3.63) is 23.4 Å². The molecule has 0 spiro atoms. The lowest BCUT2D eigenvalue weighted by Gasteiger charge is -2.19. The third-order valence-corrected chi connectivity index (χ3v) is 2.64. The van der Waals surface area contributed by atoms with Crippen LogP contribution in [0.25, 0.3) is 0 Å². The molecule has 19 heavy (non-hydrogen) atoms. The first kappa shape index (κ1) is 15.9. The fourth-order valence-corrected chi connectivity index (χ4v) is 1.56. The highest BCUT2D eigenvalue weighted by Gasteiger charge is 2.17. The van der Waals surface area contributed by atoms with E-state index in [-0.39, 0.29) is 12.0 Å². The molecule has 0 aliphatic rings. The maximum Gasteiger partial charge on any atom is 0.213 e. The highest BCUT2D eigenvalue weighted by molar-refractivity contribution is 5.28. The van der Waals surface area contributed by atoms with Crippen LogP contribution in [0.5, 0.6) is 5.88 Å². The summed E-state index contributed by atoms with van der Waals surface area (Å²) >= 11 is 0. The van der Waals surface area contributed by atoms with Crippen molar-refractivity contribution in [2.75, 3.05) is 19.8 Å². The van der Waals surface area contributed by atoms with Gasteiger partial charge in [0.05, 0.1) is 18.9 Å². The first-order valence-electron chi connectivity index (χ1n) is 6.80. The van der Waals surface area contributed by atoms with Gasteiger partial charge in [0.1, 0.15) is 6.61 Å². The van der Waals surface area contributed by atoms with Crippen LogP contribution >= 0.6 is 0 Å². The van der Waals surface area contributed by atoms with Crippen LogP contribution in [0, 0.1) is 0 Å². The number of aliphatic hydroxyl groups is 1. The third-order valence-electron chi connectivity index (χ3n) is 2.64. The Bertz CT molecular complexity index is 385. The second-order valence-electron chi connectivity index (χ2n) is 5.57. The molecule has 0 saturated carbocycles. The van der Waals surface area contributed by atoms with Gasteiger partial charge in [-0.3, -0.25) is 0 Å². The molecule has 0 bridgehead atoms. The quantitative estimate of drug-likeness (QED) is 0.772. The van der Waals surface area contributed by atoms with E-state index in [0.29, 0.717) is 19.1 Å². The number of hydrogen-bond acceptors (Lipinski definition) is 4. The lowest BCUT2D eigenvalue weighted by atomic mass is 9.91. The van der Waals surface area contributed by atoms with E-state index >= 15 is 0 Å². The topological polar surface area (TPSA) is 51.6 Å². The predicted molar refractivity (Wildman–Crippen MR) is 75.5 cm³/mol. The standard InChI is InChI=1S/C15H25NO3/c1-5-6-18-7-8-19-14-10-12(11-17)9-13(16-14)15(2,3)4/h9-10,17H,5-8,11H2,1-4H3. The molecule has 1 N–H and O–H groups in total. The number of hydrogen-bond donors (Lipinski definition) is 1. The molecule has 4 heteroatoms. The van der Waals surface area contributed by atoms with Crippen LogP contribution in [0.15, 0.2) is 12.1 Å². The van der Waals surface area contributed by atoms with Crippen molar-refractivity contribution >= 4 is 0 Å². The normalized spacial score (nSPS) is 11.6. The molecule has 0 fully saturated rings. The first-order chi connectivity index (χ1) is 8.97. The molecule has 1 aromatic rings. The fraction of sp³-hybridized carbons (Fsp3) is 0.667. The lowest BCUT2D eigenvalue weighted by molar-refractivity contribution is 0.0987. The van der Waals surface area contributed by atoms with E-state index in [0.717, 1.165) is 24.3 Å². The molecule has 0 atom stereocenters. The Morgan fingerprint density at radius 3 is 2.47 bits per heavy atom. The Hall–Kier alpha value is -1.13. The maximum atomic E-state index is 9.29. The van der Waals surface area contributed by atoms with Crippen LogP contribution in [0.2, 0.25) is 0 Å². The molecule has 108 valence electrons. The van der Waals surface area contributed by atoms with Gasteiger partial charge in [-0.1, -0.05) is 27.7 Å². The van der Waals surface area contributed by atoms with E-state index in [9.17, 15) is 5.11 Å². The van der Waals surface area contributed by atoms with Gasteiger partial charge in [0.15, 0.2) is 0 Å². The number of aromatic nitrogens is 1. The molecule has 4 nitrogen and oxygen atoms in total. The number of nitrogens with zero attached hydrogens (tertiary/aromatic N) is 1. The molecule has 0 aliphatic heterocycles. The third kappa shape index (κ3) is 5.57. The van der Waals surface area contributed by atoms with Crippen molar-refractivity contribution in [2.45, 2.75) is 46.1 Å². The minimum Gasteiger partial charge on any atom is -0.475 e. The summed E-state index contributed by atoms with van der Waals surface area (Å²) in [5.74, 6) is 0.552. The minimum atomic E-state index is -0.0675. The van der Waals surface area contributed by atoms with Gasteiger partial charge >= 0.3 is 0 Å². The molecule has 0 unspecified atom stereocenters. The molecule has 0 aromatic carbocycles. The van der Waals surface area contributed by atoms with Gasteiger partial charge < -0.3 is 14.6 Å². The van der Waals surface area contributed by atoms with E-state index in [1.807, 2.05) is 6.07 Å². The minimum absolute atomic E-state index is 0.00566. The monoisotopic (exact) mass is 267 g/mol. The average Bonchev–Trinajstić information content (AvgIpc) is 2.37. The maximum absolute atomic E-state index is 9.29. The largest absolute Gasteiger partial charge is 0.475 e. The Labute approximate surface area is 115 Å². The van der Waals surface area contributed by atoms with E-state index in [1.165, 1.54) is 0 Å². The zero-order chi connectivity index (χ0) is 14.3. The van der Waals surface area contributed by atoms with Crippen LogP contribution < -0.4 is 4.74 Å². The highest BCUT2D eigenvalue weighted by atomic mass is 16.5. The summed E-state index contributed by atoms with van der Waals surface area (Å²) in [4.78, 5) is 4.48. The number of aliphatic hydroxyl groups excluding tert-OH is 1. The lowest BCUT2D eigenvalue weighted by Crippen LogP contribution is -2.16. The van der Waals surface area contributed by atoms with Crippen molar-refractivity contribution in [2.24, 2.45) is 0 Å². The van der Waals surface area contributed by atoms with Crippen molar-refractivity contribution in [3.8, 4) is 5.88 Å². The van der Waals surface area contributed by atoms with Gasteiger partial charge in [0.25, 0.3) is 0 Å². The molecule has 0 saturated heterocycles. The summed E-state index contributed by atoms with van der Waals surface area (Å²) < 4.78 is 10.9. The summed E-state index contributed by atoms with van der Waals surface area (Å²) in [5.41, 5.74) is 1.68. The molecule has 0 aliphatic carbocycles. The van der Waals surface area contributed by atoms with E-state index < -0.39 is 0 Å². The SMILES string of the molecule is CCCOCCOc1cc(CO)cc(C(C)(C)C)n1. The Morgan fingerprint density at radius 2 is 1.89 bits per heavy atom. The second kappa shape index (κ2) is 7.46. The first-order valence-corrected chi connectivity index (χ1v) is 6.80. The fourth-order valence-electron chi connectivity index (χ4n) is 1.56. The molecular weight excluding hydrogens is 242 g/mol. The smallest absolute Gasteiger partial charge is 0.213 e. The summed E-state index contributed by atoms with van der Waals surface area (Å²) in [5, 5.41) is 9.29. The second-order valence-corrected chi connectivity index (χ2v) is 5.57. The van der Waals surface area contributed by atoms with Crippen LogP contribution in [-0.4, -0.2) is 29.9 Å². The molecule has 1 heterocycles. The zero-order valence-corrected chi connectivity index (χ0v) is 12.4. The molecule has 1 rings (SSSR count). The van der Waals surface area contributed by atoms with Crippen molar-refractivity contribution in [1.82, 2.24) is 4.98 Å². The number of rotatable bonds is 7. The molecule has 0 amide bonds. The Balaban J connectivity index is 2.67. The molecule has 0 radical (unpaired) electrons. The van der Waals surface area contributed by atoms with Crippen LogP contribution in [0.3, 0.4) is 0 Å². The van der Waals surface area contributed by atoms with Crippen LogP contribution in [0.4, 0.5) is 0 Å². The van der Waals surface area contributed by atoms with E-state index in [4.69, 9.17) is 9.47 Å².